The average molecular weight is 263 g/mol. The van der Waals surface area contributed by atoms with Crippen molar-refractivity contribution >= 4 is 17.4 Å². The molecule has 0 spiro atoms. The Bertz CT molecular complexity index is 528. The van der Waals surface area contributed by atoms with E-state index in [9.17, 15) is 4.39 Å². The van der Waals surface area contributed by atoms with Crippen molar-refractivity contribution < 1.29 is 9.13 Å². The van der Waals surface area contributed by atoms with E-state index in [2.05, 4.69) is 0 Å². The molecule has 2 aromatic carbocycles. The molecule has 2 nitrogen and oxygen atoms in total. The number of halogens is 1. The summed E-state index contributed by atoms with van der Waals surface area (Å²) in [4.78, 5) is 1.01. The minimum Gasteiger partial charge on any atom is -0.496 e. The van der Waals surface area contributed by atoms with Crippen molar-refractivity contribution in [2.75, 3.05) is 12.8 Å². The lowest BCUT2D eigenvalue weighted by Crippen LogP contribution is -1.93. The molecule has 0 aliphatic carbocycles. The van der Waals surface area contributed by atoms with Crippen LogP contribution >= 0.6 is 11.8 Å². The van der Waals surface area contributed by atoms with Crippen molar-refractivity contribution in [3.8, 4) is 5.75 Å². The second kappa shape index (κ2) is 5.78. The van der Waals surface area contributed by atoms with E-state index in [-0.39, 0.29) is 5.82 Å². The van der Waals surface area contributed by atoms with E-state index < -0.39 is 0 Å². The van der Waals surface area contributed by atoms with E-state index >= 15 is 0 Å². The van der Waals surface area contributed by atoms with Gasteiger partial charge in [0, 0.05) is 21.9 Å². The topological polar surface area (TPSA) is 35.2 Å². The lowest BCUT2D eigenvalue weighted by atomic mass is 10.2. The fraction of sp³-hybridized carbons (Fsp3) is 0.143. The molecule has 0 fully saturated rings. The van der Waals surface area contributed by atoms with E-state index in [1.807, 2.05) is 18.2 Å². The third-order valence-corrected chi connectivity index (χ3v) is 3.57. The Kier molecular flexibility index (Phi) is 4.10. The van der Waals surface area contributed by atoms with Gasteiger partial charge in [-0.1, -0.05) is 0 Å². The number of hydrogen-bond donors (Lipinski definition) is 1. The Morgan fingerprint density at radius 3 is 2.56 bits per heavy atom. The molecule has 0 saturated carbocycles. The molecule has 18 heavy (non-hydrogen) atoms. The second-order valence-electron chi connectivity index (χ2n) is 3.81. The highest BCUT2D eigenvalue weighted by atomic mass is 32.2. The van der Waals surface area contributed by atoms with E-state index in [4.69, 9.17) is 10.5 Å². The Hall–Kier alpha value is -1.68. The van der Waals surface area contributed by atoms with E-state index in [1.165, 1.54) is 12.1 Å². The fourth-order valence-electron chi connectivity index (χ4n) is 1.60. The molecule has 2 N–H and O–H groups in total. The fourth-order valence-corrected chi connectivity index (χ4v) is 2.48. The van der Waals surface area contributed by atoms with Crippen molar-refractivity contribution in [1.82, 2.24) is 0 Å². The van der Waals surface area contributed by atoms with Crippen LogP contribution in [0.25, 0.3) is 0 Å². The summed E-state index contributed by atoms with van der Waals surface area (Å²) in [5, 5.41) is 0. The van der Waals surface area contributed by atoms with Gasteiger partial charge in [0.25, 0.3) is 0 Å². The highest BCUT2D eigenvalue weighted by molar-refractivity contribution is 7.98. The molecule has 0 aliphatic heterocycles. The van der Waals surface area contributed by atoms with Crippen LogP contribution in [-0.4, -0.2) is 7.11 Å². The van der Waals surface area contributed by atoms with E-state index in [0.717, 1.165) is 22.0 Å². The predicted molar refractivity (Wildman–Crippen MR) is 73.4 cm³/mol. The molecular formula is C14H14FNOS. The van der Waals surface area contributed by atoms with Crippen LogP contribution in [0.1, 0.15) is 5.56 Å². The third kappa shape index (κ3) is 3.17. The van der Waals surface area contributed by atoms with Crippen molar-refractivity contribution in [2.24, 2.45) is 0 Å². The van der Waals surface area contributed by atoms with Crippen molar-refractivity contribution in [1.29, 1.82) is 0 Å². The van der Waals surface area contributed by atoms with Gasteiger partial charge in [-0.2, -0.15) is 0 Å². The average Bonchev–Trinajstić information content (AvgIpc) is 2.38. The zero-order valence-electron chi connectivity index (χ0n) is 10.0. The maximum Gasteiger partial charge on any atom is 0.123 e. The van der Waals surface area contributed by atoms with Crippen LogP contribution in [0.3, 0.4) is 0 Å². The van der Waals surface area contributed by atoms with Crippen LogP contribution < -0.4 is 10.5 Å². The Balaban J connectivity index is 2.09. The zero-order chi connectivity index (χ0) is 13.0. The molecule has 2 aromatic rings. The minimum atomic E-state index is -0.221. The molecule has 4 heteroatoms. The molecule has 94 valence electrons. The highest BCUT2D eigenvalue weighted by Crippen LogP contribution is 2.29. The molecular weight excluding hydrogens is 249 g/mol. The first-order chi connectivity index (χ1) is 8.69. The molecule has 0 aliphatic rings. The number of benzene rings is 2. The zero-order valence-corrected chi connectivity index (χ0v) is 10.8. The molecule has 0 radical (unpaired) electrons. The smallest absolute Gasteiger partial charge is 0.123 e. The number of methoxy groups -OCH3 is 1. The Morgan fingerprint density at radius 1 is 1.17 bits per heavy atom. The number of hydrogen-bond acceptors (Lipinski definition) is 3. The lowest BCUT2D eigenvalue weighted by molar-refractivity contribution is 0.411. The van der Waals surface area contributed by atoms with Crippen molar-refractivity contribution in [2.45, 2.75) is 10.6 Å². The van der Waals surface area contributed by atoms with E-state index in [0.29, 0.717) is 5.69 Å². The molecule has 0 aromatic heterocycles. The number of ether oxygens (including phenoxy) is 1. The third-order valence-electron chi connectivity index (χ3n) is 2.51. The van der Waals surface area contributed by atoms with Gasteiger partial charge < -0.3 is 10.5 Å². The summed E-state index contributed by atoms with van der Waals surface area (Å²) in [5.41, 5.74) is 7.50. The van der Waals surface area contributed by atoms with Gasteiger partial charge >= 0.3 is 0 Å². The molecule has 0 saturated heterocycles. The van der Waals surface area contributed by atoms with Crippen LogP contribution in [0.15, 0.2) is 47.4 Å². The van der Waals surface area contributed by atoms with Crippen molar-refractivity contribution in [3.05, 3.63) is 53.8 Å². The maximum atomic E-state index is 12.8. The van der Waals surface area contributed by atoms with Crippen LogP contribution in [0.4, 0.5) is 10.1 Å². The van der Waals surface area contributed by atoms with Gasteiger partial charge in [0.1, 0.15) is 11.6 Å². The van der Waals surface area contributed by atoms with Gasteiger partial charge in [-0.3, -0.25) is 0 Å². The quantitative estimate of drug-likeness (QED) is 0.674. The predicted octanol–water partition coefficient (Wildman–Crippen LogP) is 3.71. The Labute approximate surface area is 110 Å². The highest BCUT2D eigenvalue weighted by Gasteiger charge is 2.04. The summed E-state index contributed by atoms with van der Waals surface area (Å²) < 4.78 is 18.1. The van der Waals surface area contributed by atoms with Gasteiger partial charge in [-0.25, -0.2) is 4.39 Å². The number of anilines is 1. The molecule has 0 atom stereocenters. The van der Waals surface area contributed by atoms with Crippen LogP contribution in [-0.2, 0) is 5.75 Å². The second-order valence-corrected chi connectivity index (χ2v) is 4.86. The standard InChI is InChI=1S/C14H14FNOS/c1-17-14-7-4-12(16)8-10(14)9-18-13-5-2-11(15)3-6-13/h2-8H,9,16H2,1H3. The van der Waals surface area contributed by atoms with Gasteiger partial charge in [0.15, 0.2) is 0 Å². The van der Waals surface area contributed by atoms with Crippen LogP contribution in [0, 0.1) is 5.82 Å². The molecule has 2 rings (SSSR count). The van der Waals surface area contributed by atoms with Gasteiger partial charge in [0.2, 0.25) is 0 Å². The summed E-state index contributed by atoms with van der Waals surface area (Å²) in [5.74, 6) is 1.33. The first kappa shape index (κ1) is 12.8. The number of thioether (sulfide) groups is 1. The summed E-state index contributed by atoms with van der Waals surface area (Å²) in [6.07, 6.45) is 0. The first-order valence-corrected chi connectivity index (χ1v) is 6.48. The van der Waals surface area contributed by atoms with E-state index in [1.54, 1.807) is 31.0 Å². The van der Waals surface area contributed by atoms with Gasteiger partial charge in [0.05, 0.1) is 7.11 Å². The molecule has 0 bridgehead atoms. The van der Waals surface area contributed by atoms with Crippen LogP contribution in [0.2, 0.25) is 0 Å². The molecule has 0 unspecified atom stereocenters. The summed E-state index contributed by atoms with van der Waals surface area (Å²) in [6.45, 7) is 0. The van der Waals surface area contributed by atoms with Gasteiger partial charge in [-0.15, -0.1) is 11.8 Å². The normalized spacial score (nSPS) is 10.3. The lowest BCUT2D eigenvalue weighted by Gasteiger charge is -2.09. The molecule has 0 heterocycles. The van der Waals surface area contributed by atoms with Gasteiger partial charge in [-0.05, 0) is 42.5 Å². The SMILES string of the molecule is COc1ccc(N)cc1CSc1ccc(F)cc1. The van der Waals surface area contributed by atoms with Crippen molar-refractivity contribution in [3.63, 3.8) is 0 Å². The largest absolute Gasteiger partial charge is 0.496 e. The van der Waals surface area contributed by atoms with Crippen LogP contribution in [0.5, 0.6) is 5.75 Å². The maximum absolute atomic E-state index is 12.8. The number of nitrogen functional groups attached to an aromatic ring is 1. The molecule has 0 amide bonds. The minimum absolute atomic E-state index is 0.221. The summed E-state index contributed by atoms with van der Waals surface area (Å²) >= 11 is 1.62. The summed E-state index contributed by atoms with van der Waals surface area (Å²) in [6, 6.07) is 12.0. The number of rotatable bonds is 4. The Morgan fingerprint density at radius 2 is 1.89 bits per heavy atom. The monoisotopic (exact) mass is 263 g/mol. The number of nitrogens with two attached hydrogens (primary N) is 1. The first-order valence-electron chi connectivity index (χ1n) is 5.50. The summed E-state index contributed by atoms with van der Waals surface area (Å²) in [7, 11) is 1.64.